The van der Waals surface area contributed by atoms with Crippen molar-refractivity contribution >= 4 is 18.0 Å². The fourth-order valence-electron chi connectivity index (χ4n) is 7.51. The van der Waals surface area contributed by atoms with Crippen molar-refractivity contribution in [1.82, 2.24) is 10.2 Å². The highest BCUT2D eigenvalue weighted by Crippen LogP contribution is 2.67. The van der Waals surface area contributed by atoms with Gasteiger partial charge in [-0.25, -0.2) is 14.9 Å². The summed E-state index contributed by atoms with van der Waals surface area (Å²) in [5.74, 6) is -0.116. The molecular weight excluding hydrogens is 448 g/mol. The van der Waals surface area contributed by atoms with Crippen LogP contribution in [0, 0.1) is 34.0 Å². The summed E-state index contributed by atoms with van der Waals surface area (Å²) >= 11 is 0. The maximum atomic E-state index is 13.4. The van der Waals surface area contributed by atoms with Gasteiger partial charge in [-0.1, -0.05) is 33.8 Å². The molecule has 0 spiro atoms. The van der Waals surface area contributed by atoms with E-state index in [-0.39, 0.29) is 29.0 Å². The summed E-state index contributed by atoms with van der Waals surface area (Å²) in [4.78, 5) is 40.5. The van der Waals surface area contributed by atoms with Gasteiger partial charge in [-0.05, 0) is 64.0 Å². The lowest BCUT2D eigenvalue weighted by Crippen LogP contribution is -2.63. The Labute approximate surface area is 209 Å². The van der Waals surface area contributed by atoms with Gasteiger partial charge in [0.15, 0.2) is 0 Å². The maximum Gasteiger partial charge on any atom is 0.416 e. The van der Waals surface area contributed by atoms with Gasteiger partial charge in [0.2, 0.25) is 0 Å². The number of nitrogens with zero attached hydrogens (tertiary/aromatic N) is 1. The van der Waals surface area contributed by atoms with Gasteiger partial charge in [-0.15, -0.1) is 6.58 Å². The Balaban J connectivity index is 1.93. The van der Waals surface area contributed by atoms with Crippen LogP contribution in [0.3, 0.4) is 0 Å². The standard InChI is InChI=1S/C27H44N2O6/c1-9-25(5)14-20(35-24(33)28-23(32)34-17(3)15-29(7)8)26(6)16(2)10-12-27(18(4)22(25)31)13-11-19(30)21(26)27/h9,16-18,20-22,31H,1,10-15H2,2-8H3,(H,28,32,33)/t16?,17?,18-,20+,21-,22-,25+,26+,27-/m0/s1. The van der Waals surface area contributed by atoms with E-state index < -0.39 is 41.3 Å². The molecule has 0 aliphatic heterocycles. The number of ether oxygens (including phenoxy) is 2. The Bertz CT molecular complexity index is 861. The van der Waals surface area contributed by atoms with E-state index in [1.807, 2.05) is 25.9 Å². The van der Waals surface area contributed by atoms with Crippen LogP contribution >= 0.6 is 0 Å². The number of rotatable bonds is 5. The van der Waals surface area contributed by atoms with Crippen LogP contribution < -0.4 is 5.32 Å². The minimum Gasteiger partial charge on any atom is -0.445 e. The van der Waals surface area contributed by atoms with Gasteiger partial charge in [-0.2, -0.15) is 0 Å². The van der Waals surface area contributed by atoms with E-state index in [1.165, 1.54) is 0 Å². The zero-order valence-corrected chi connectivity index (χ0v) is 22.4. The Kier molecular flexibility index (Phi) is 7.78. The van der Waals surface area contributed by atoms with Crippen LogP contribution in [0.15, 0.2) is 12.7 Å². The molecule has 2 unspecified atom stereocenters. The second-order valence-electron chi connectivity index (χ2n) is 12.1. The third-order valence-electron chi connectivity index (χ3n) is 9.69. The van der Waals surface area contributed by atoms with E-state index in [9.17, 15) is 19.5 Å². The number of hydrogen-bond acceptors (Lipinski definition) is 7. The highest BCUT2D eigenvalue weighted by molar-refractivity contribution is 5.88. The smallest absolute Gasteiger partial charge is 0.416 e. The molecular formula is C27H44N2O6. The van der Waals surface area contributed by atoms with E-state index in [2.05, 4.69) is 32.7 Å². The van der Waals surface area contributed by atoms with E-state index in [0.717, 1.165) is 19.3 Å². The van der Waals surface area contributed by atoms with Gasteiger partial charge >= 0.3 is 12.2 Å². The largest absolute Gasteiger partial charge is 0.445 e. The van der Waals surface area contributed by atoms with Crippen molar-refractivity contribution in [3.05, 3.63) is 12.7 Å². The Morgan fingerprint density at radius 1 is 1.26 bits per heavy atom. The number of ketones is 1. The number of aliphatic hydroxyl groups excluding tert-OH is 1. The van der Waals surface area contributed by atoms with Crippen molar-refractivity contribution in [2.45, 2.75) is 85.0 Å². The van der Waals surface area contributed by atoms with Crippen molar-refractivity contribution < 1.29 is 29.0 Å². The Morgan fingerprint density at radius 2 is 1.91 bits per heavy atom. The fraction of sp³-hybridized carbons (Fsp3) is 0.815. The van der Waals surface area contributed by atoms with Crippen LogP contribution in [0.25, 0.3) is 0 Å². The number of likely N-dealkylation sites (N-methyl/N-ethyl adjacent to an activating group) is 1. The topological polar surface area (TPSA) is 105 Å². The van der Waals surface area contributed by atoms with Crippen LogP contribution in [0.5, 0.6) is 0 Å². The van der Waals surface area contributed by atoms with Crippen molar-refractivity contribution in [3.8, 4) is 0 Å². The predicted octanol–water partition coefficient (Wildman–Crippen LogP) is 4.16. The molecule has 0 aromatic rings. The number of nitrogens with one attached hydrogen (secondary N) is 1. The van der Waals surface area contributed by atoms with Crippen LogP contribution in [0.2, 0.25) is 0 Å². The number of carbonyl (C=O) groups is 3. The first-order valence-corrected chi connectivity index (χ1v) is 12.9. The third-order valence-corrected chi connectivity index (χ3v) is 9.69. The van der Waals surface area contributed by atoms with Gasteiger partial charge in [0, 0.05) is 29.7 Å². The highest BCUT2D eigenvalue weighted by Gasteiger charge is 2.68. The van der Waals surface area contributed by atoms with Crippen molar-refractivity contribution in [3.63, 3.8) is 0 Å². The second-order valence-corrected chi connectivity index (χ2v) is 12.1. The summed E-state index contributed by atoms with van der Waals surface area (Å²) in [5, 5.41) is 13.7. The molecule has 3 aliphatic rings. The number of alkyl carbamates (subject to hydrolysis) is 2. The van der Waals surface area contributed by atoms with Gasteiger partial charge < -0.3 is 19.5 Å². The average molecular weight is 493 g/mol. The minimum absolute atomic E-state index is 0.100. The summed E-state index contributed by atoms with van der Waals surface area (Å²) in [5.41, 5.74) is -1.71. The first-order valence-electron chi connectivity index (χ1n) is 12.9. The lowest BCUT2D eigenvalue weighted by atomic mass is 9.44. The maximum absolute atomic E-state index is 13.4. The summed E-state index contributed by atoms with van der Waals surface area (Å²) in [7, 11) is 3.73. The molecule has 3 aliphatic carbocycles. The second kappa shape index (κ2) is 9.85. The van der Waals surface area contributed by atoms with Gasteiger partial charge in [-0.3, -0.25) is 4.79 Å². The predicted molar refractivity (Wildman–Crippen MR) is 133 cm³/mol. The number of imide groups is 1. The molecule has 0 heterocycles. The van der Waals surface area contributed by atoms with Crippen LogP contribution in [0.4, 0.5) is 9.59 Å². The molecule has 9 atom stereocenters. The first-order chi connectivity index (χ1) is 16.2. The monoisotopic (exact) mass is 492 g/mol. The molecule has 2 N–H and O–H groups in total. The van der Waals surface area contributed by atoms with E-state index in [4.69, 9.17) is 9.47 Å². The molecule has 0 aromatic heterocycles. The van der Waals surface area contributed by atoms with Crippen LogP contribution in [-0.2, 0) is 14.3 Å². The van der Waals surface area contributed by atoms with E-state index in [0.29, 0.717) is 19.4 Å². The van der Waals surface area contributed by atoms with Crippen molar-refractivity contribution in [2.24, 2.45) is 34.0 Å². The average Bonchev–Trinajstić information content (AvgIpc) is 3.11. The Hall–Kier alpha value is -1.93. The number of carbonyl (C=O) groups excluding carboxylic acids is 3. The molecule has 3 fully saturated rings. The molecule has 198 valence electrons. The molecule has 3 rings (SSSR count). The molecule has 8 nitrogen and oxygen atoms in total. The molecule has 8 heteroatoms. The summed E-state index contributed by atoms with van der Waals surface area (Å²) in [6, 6.07) is 0. The molecule has 35 heavy (non-hydrogen) atoms. The van der Waals surface area contributed by atoms with Crippen molar-refractivity contribution in [1.29, 1.82) is 0 Å². The normalized spacial score (nSPS) is 41.9. The summed E-state index contributed by atoms with van der Waals surface area (Å²) in [6.07, 6.45) is 1.40. The summed E-state index contributed by atoms with van der Waals surface area (Å²) < 4.78 is 11.3. The number of amides is 2. The lowest BCUT2D eigenvalue weighted by Gasteiger charge is -2.61. The van der Waals surface area contributed by atoms with Crippen LogP contribution in [-0.4, -0.2) is 66.9 Å². The molecule has 2 amide bonds. The number of Topliss-reactive ketones (excluding diaryl/α,β-unsaturated/α-hetero) is 1. The first kappa shape index (κ1) is 27.7. The van der Waals surface area contributed by atoms with Gasteiger partial charge in [0.25, 0.3) is 0 Å². The van der Waals surface area contributed by atoms with Gasteiger partial charge in [0.1, 0.15) is 18.0 Å². The van der Waals surface area contributed by atoms with E-state index >= 15 is 0 Å². The quantitative estimate of drug-likeness (QED) is 0.555. The molecule has 0 radical (unpaired) electrons. The summed E-state index contributed by atoms with van der Waals surface area (Å²) in [6.45, 7) is 14.4. The van der Waals surface area contributed by atoms with Gasteiger partial charge in [0.05, 0.1) is 6.10 Å². The third kappa shape index (κ3) is 4.76. The Morgan fingerprint density at radius 3 is 2.51 bits per heavy atom. The van der Waals surface area contributed by atoms with Crippen LogP contribution in [0.1, 0.15) is 66.7 Å². The SMILES string of the molecule is C=C[C@]1(C)C[C@@H](OC(=O)NC(=O)OC(C)CN(C)C)[C@@]2(C)C(C)CC[C@]3(CCC(=O)[C@H]32)[C@@H](C)[C@@H]1O. The molecule has 0 saturated heterocycles. The number of hydrogen-bond donors (Lipinski definition) is 2. The molecule has 0 aromatic carbocycles. The van der Waals surface area contributed by atoms with E-state index in [1.54, 1.807) is 13.0 Å². The zero-order chi connectivity index (χ0) is 26.3. The number of aliphatic hydroxyl groups is 1. The molecule has 3 saturated carbocycles. The highest BCUT2D eigenvalue weighted by atomic mass is 16.6. The molecule has 2 bridgehead atoms. The lowest BCUT2D eigenvalue weighted by molar-refractivity contribution is -0.191. The zero-order valence-electron chi connectivity index (χ0n) is 22.4. The minimum atomic E-state index is -0.901. The van der Waals surface area contributed by atoms with Crippen molar-refractivity contribution in [2.75, 3.05) is 20.6 Å². The fourth-order valence-corrected chi connectivity index (χ4v) is 7.51.